The summed E-state index contributed by atoms with van der Waals surface area (Å²) in [6, 6.07) is 14.3. The number of anilines is 1. The molecule has 1 N–H and O–H groups in total. The second-order valence-corrected chi connectivity index (χ2v) is 8.37. The Morgan fingerprint density at radius 3 is 2.71 bits per heavy atom. The first-order chi connectivity index (χ1) is 14.9. The molecule has 2 aromatic carbocycles. The van der Waals surface area contributed by atoms with Crippen LogP contribution in [0, 0.1) is 26.6 Å². The van der Waals surface area contributed by atoms with Crippen molar-refractivity contribution in [2.75, 3.05) is 5.32 Å². The largest absolute Gasteiger partial charge is 0.326 e. The molecule has 0 fully saturated rings. The summed E-state index contributed by atoms with van der Waals surface area (Å²) in [5, 5.41) is 10.2. The van der Waals surface area contributed by atoms with Crippen LogP contribution in [0.15, 0.2) is 53.9 Å². The molecule has 0 atom stereocenters. The predicted octanol–water partition coefficient (Wildman–Crippen LogP) is 5.17. The molecule has 5 nitrogen and oxygen atoms in total. The van der Waals surface area contributed by atoms with Crippen LogP contribution in [0.2, 0.25) is 0 Å². The molecule has 2 heterocycles. The van der Waals surface area contributed by atoms with Gasteiger partial charge in [-0.05, 0) is 50.1 Å². The third-order valence-electron chi connectivity index (χ3n) is 5.19. The molecule has 0 aliphatic carbocycles. The molecule has 0 aliphatic rings. The van der Waals surface area contributed by atoms with E-state index in [1.54, 1.807) is 16.8 Å². The van der Waals surface area contributed by atoms with Crippen molar-refractivity contribution in [1.82, 2.24) is 14.8 Å². The van der Waals surface area contributed by atoms with E-state index in [9.17, 15) is 9.18 Å². The number of hydrogen-bond donors (Lipinski definition) is 1. The van der Waals surface area contributed by atoms with Gasteiger partial charge in [-0.15, -0.1) is 11.3 Å². The van der Waals surface area contributed by atoms with E-state index in [4.69, 9.17) is 0 Å². The molecule has 158 valence electrons. The first-order valence-electron chi connectivity index (χ1n) is 10.0. The van der Waals surface area contributed by atoms with E-state index in [2.05, 4.69) is 15.4 Å². The van der Waals surface area contributed by atoms with Crippen molar-refractivity contribution in [1.29, 1.82) is 0 Å². The van der Waals surface area contributed by atoms with Crippen molar-refractivity contribution >= 4 is 22.9 Å². The minimum absolute atomic E-state index is 0.105. The standard InChI is InChI=1S/C24H23FN4OS/c1-15-7-4-5-10-22(15)27-23(30)13-20-14-31-24(26-20)29-17(3)21(16(2)28-29)12-18-8-6-9-19(25)11-18/h4-11,14H,12-13H2,1-3H3,(H,27,30). The molecule has 0 unspecified atom stereocenters. The topological polar surface area (TPSA) is 59.8 Å². The van der Waals surface area contributed by atoms with Crippen LogP contribution in [0.5, 0.6) is 0 Å². The lowest BCUT2D eigenvalue weighted by Crippen LogP contribution is -2.15. The normalized spacial score (nSPS) is 11.0. The molecule has 0 saturated heterocycles. The van der Waals surface area contributed by atoms with Crippen LogP contribution in [0.1, 0.15) is 33.8 Å². The number of hydrogen-bond acceptors (Lipinski definition) is 4. The molecule has 4 aromatic rings. The van der Waals surface area contributed by atoms with Gasteiger partial charge in [0.05, 0.1) is 17.8 Å². The van der Waals surface area contributed by atoms with Gasteiger partial charge < -0.3 is 5.32 Å². The van der Waals surface area contributed by atoms with Gasteiger partial charge in [-0.2, -0.15) is 5.10 Å². The van der Waals surface area contributed by atoms with Crippen LogP contribution in [0.4, 0.5) is 10.1 Å². The highest BCUT2D eigenvalue weighted by Gasteiger charge is 2.17. The lowest BCUT2D eigenvalue weighted by Gasteiger charge is -2.07. The molecular weight excluding hydrogens is 411 g/mol. The fraction of sp³-hybridized carbons (Fsp3) is 0.208. The average Bonchev–Trinajstić information content (AvgIpc) is 3.29. The zero-order valence-electron chi connectivity index (χ0n) is 17.6. The van der Waals surface area contributed by atoms with Crippen LogP contribution in [0.3, 0.4) is 0 Å². The zero-order chi connectivity index (χ0) is 22.0. The summed E-state index contributed by atoms with van der Waals surface area (Å²) in [6.07, 6.45) is 0.798. The maximum Gasteiger partial charge on any atom is 0.230 e. The van der Waals surface area contributed by atoms with Crippen molar-refractivity contribution in [3.8, 4) is 5.13 Å². The minimum Gasteiger partial charge on any atom is -0.326 e. The first kappa shape index (κ1) is 20.9. The Morgan fingerprint density at radius 1 is 1.13 bits per heavy atom. The number of nitrogens with zero attached hydrogens (tertiary/aromatic N) is 3. The van der Waals surface area contributed by atoms with Gasteiger partial charge in [-0.3, -0.25) is 4.79 Å². The monoisotopic (exact) mass is 434 g/mol. The van der Waals surface area contributed by atoms with Crippen molar-refractivity contribution in [3.05, 3.63) is 93.5 Å². The Bertz CT molecular complexity index is 1240. The van der Waals surface area contributed by atoms with E-state index in [0.29, 0.717) is 17.2 Å². The summed E-state index contributed by atoms with van der Waals surface area (Å²) in [5.74, 6) is -0.347. The number of thiazole rings is 1. The highest BCUT2D eigenvalue weighted by molar-refractivity contribution is 7.12. The number of rotatable bonds is 6. The number of aromatic nitrogens is 3. The van der Waals surface area contributed by atoms with E-state index >= 15 is 0 Å². The Kier molecular flexibility index (Phi) is 5.95. The van der Waals surface area contributed by atoms with Crippen molar-refractivity contribution in [2.45, 2.75) is 33.6 Å². The Balaban J connectivity index is 1.50. The van der Waals surface area contributed by atoms with Crippen molar-refractivity contribution in [3.63, 3.8) is 0 Å². The number of para-hydroxylation sites is 1. The van der Waals surface area contributed by atoms with Crippen molar-refractivity contribution < 1.29 is 9.18 Å². The smallest absolute Gasteiger partial charge is 0.230 e. The maximum absolute atomic E-state index is 13.5. The second-order valence-electron chi connectivity index (χ2n) is 7.53. The number of aryl methyl sites for hydroxylation is 2. The van der Waals surface area contributed by atoms with E-state index in [0.717, 1.165) is 33.8 Å². The van der Waals surface area contributed by atoms with Gasteiger partial charge in [-0.25, -0.2) is 14.1 Å². The quantitative estimate of drug-likeness (QED) is 0.456. The fourth-order valence-corrected chi connectivity index (χ4v) is 4.34. The molecule has 7 heteroatoms. The average molecular weight is 435 g/mol. The van der Waals surface area contributed by atoms with Gasteiger partial charge in [0.25, 0.3) is 0 Å². The Morgan fingerprint density at radius 2 is 1.94 bits per heavy atom. The third-order valence-corrected chi connectivity index (χ3v) is 6.06. The maximum atomic E-state index is 13.5. The van der Waals surface area contributed by atoms with Gasteiger partial charge >= 0.3 is 0 Å². The van der Waals surface area contributed by atoms with Crippen molar-refractivity contribution in [2.24, 2.45) is 0 Å². The molecular formula is C24H23FN4OS. The van der Waals surface area contributed by atoms with Gasteiger partial charge in [0.15, 0.2) is 0 Å². The molecule has 4 rings (SSSR count). The van der Waals surface area contributed by atoms with Crippen LogP contribution in [-0.2, 0) is 17.6 Å². The lowest BCUT2D eigenvalue weighted by molar-refractivity contribution is -0.115. The number of nitrogens with one attached hydrogen (secondary N) is 1. The van der Waals surface area contributed by atoms with E-state index in [1.165, 1.54) is 17.4 Å². The van der Waals surface area contributed by atoms with Gasteiger partial charge in [0.2, 0.25) is 11.0 Å². The number of carbonyl (C=O) groups excluding carboxylic acids is 1. The number of benzene rings is 2. The third kappa shape index (κ3) is 4.72. The second kappa shape index (κ2) is 8.81. The molecule has 0 aliphatic heterocycles. The molecule has 0 saturated carbocycles. The summed E-state index contributed by atoms with van der Waals surface area (Å²) in [7, 11) is 0. The van der Waals surface area contributed by atoms with Crippen LogP contribution in [-0.4, -0.2) is 20.7 Å². The highest BCUT2D eigenvalue weighted by atomic mass is 32.1. The molecule has 2 aromatic heterocycles. The van der Waals surface area contributed by atoms with Crippen LogP contribution in [0.25, 0.3) is 5.13 Å². The molecule has 1 amide bonds. The van der Waals surface area contributed by atoms with E-state index < -0.39 is 0 Å². The number of halogens is 1. The predicted molar refractivity (Wildman–Crippen MR) is 121 cm³/mol. The van der Waals surface area contributed by atoms with Crippen LogP contribution >= 0.6 is 11.3 Å². The number of amides is 1. The van der Waals surface area contributed by atoms with E-state index in [-0.39, 0.29) is 18.1 Å². The molecule has 0 radical (unpaired) electrons. The van der Waals surface area contributed by atoms with Crippen LogP contribution < -0.4 is 5.32 Å². The fourth-order valence-electron chi connectivity index (χ4n) is 3.51. The Hall–Kier alpha value is -3.32. The van der Waals surface area contributed by atoms with Gasteiger partial charge in [-0.1, -0.05) is 30.3 Å². The first-order valence-corrected chi connectivity index (χ1v) is 10.9. The summed E-state index contributed by atoms with van der Waals surface area (Å²) in [6.45, 7) is 5.89. The zero-order valence-corrected chi connectivity index (χ0v) is 18.5. The van der Waals surface area contributed by atoms with Gasteiger partial charge in [0, 0.05) is 28.7 Å². The molecule has 31 heavy (non-hydrogen) atoms. The van der Waals surface area contributed by atoms with E-state index in [1.807, 2.05) is 56.5 Å². The Labute approximate surface area is 184 Å². The SMILES string of the molecule is Cc1ccccc1NC(=O)Cc1csc(-n2nc(C)c(Cc3cccc(F)c3)c2C)n1. The highest BCUT2D eigenvalue weighted by Crippen LogP contribution is 2.24. The lowest BCUT2D eigenvalue weighted by atomic mass is 10.0. The summed E-state index contributed by atoms with van der Waals surface area (Å²) in [4.78, 5) is 17.1. The minimum atomic E-state index is -0.242. The van der Waals surface area contributed by atoms with Gasteiger partial charge in [0.1, 0.15) is 5.82 Å². The summed E-state index contributed by atoms with van der Waals surface area (Å²) < 4.78 is 15.3. The number of carbonyl (C=O) groups is 1. The molecule has 0 bridgehead atoms. The molecule has 0 spiro atoms. The summed E-state index contributed by atoms with van der Waals surface area (Å²) in [5.41, 5.74) is 6.33. The summed E-state index contributed by atoms with van der Waals surface area (Å²) >= 11 is 1.45.